The topological polar surface area (TPSA) is 101 Å². The van der Waals surface area contributed by atoms with Crippen molar-refractivity contribution in [1.82, 2.24) is 5.32 Å². The summed E-state index contributed by atoms with van der Waals surface area (Å²) in [6.07, 6.45) is 2.35. The van der Waals surface area contributed by atoms with Gasteiger partial charge in [-0.05, 0) is 19.3 Å². The second-order valence-corrected chi connectivity index (χ2v) is 7.49. The van der Waals surface area contributed by atoms with Crippen molar-refractivity contribution in [2.75, 3.05) is 18.1 Å². The number of hydrogen-bond acceptors (Lipinski definition) is 4. The number of carbonyl (C=O) groups excluding carboxylic acids is 1. The summed E-state index contributed by atoms with van der Waals surface area (Å²) in [7, 11) is -3.08. The zero-order valence-electron chi connectivity index (χ0n) is 10.0. The lowest BCUT2D eigenvalue weighted by molar-refractivity contribution is -0.154. The SMILES string of the molecule is O=C(NCC1(C(=O)O)CCC1)C1CCS(=O)(=O)C1. The highest BCUT2D eigenvalue weighted by Crippen LogP contribution is 2.40. The van der Waals surface area contributed by atoms with Gasteiger partial charge >= 0.3 is 5.97 Å². The molecule has 6 nitrogen and oxygen atoms in total. The van der Waals surface area contributed by atoms with E-state index in [2.05, 4.69) is 5.32 Å². The number of aliphatic carboxylic acids is 1. The second kappa shape index (κ2) is 4.53. The summed E-state index contributed by atoms with van der Waals surface area (Å²) in [5.74, 6) is -1.79. The zero-order chi connectivity index (χ0) is 13.4. The van der Waals surface area contributed by atoms with E-state index < -0.39 is 27.1 Å². The molecule has 1 atom stereocenters. The van der Waals surface area contributed by atoms with Crippen LogP contribution in [0.15, 0.2) is 0 Å². The van der Waals surface area contributed by atoms with E-state index in [1.807, 2.05) is 0 Å². The molecule has 2 rings (SSSR count). The highest BCUT2D eigenvalue weighted by Gasteiger charge is 2.45. The van der Waals surface area contributed by atoms with Crippen molar-refractivity contribution in [2.45, 2.75) is 25.7 Å². The van der Waals surface area contributed by atoms with Crippen molar-refractivity contribution in [2.24, 2.45) is 11.3 Å². The molecule has 0 bridgehead atoms. The summed E-state index contributed by atoms with van der Waals surface area (Å²) < 4.78 is 22.5. The van der Waals surface area contributed by atoms with Crippen LogP contribution in [0, 0.1) is 11.3 Å². The molecule has 7 heteroatoms. The van der Waals surface area contributed by atoms with Crippen molar-refractivity contribution < 1.29 is 23.1 Å². The number of amides is 1. The van der Waals surface area contributed by atoms with Crippen molar-refractivity contribution >= 4 is 21.7 Å². The first kappa shape index (κ1) is 13.3. The average Bonchev–Trinajstić information content (AvgIpc) is 2.56. The molecule has 1 aliphatic carbocycles. The van der Waals surface area contributed by atoms with E-state index in [1.165, 1.54) is 0 Å². The molecule has 1 amide bonds. The van der Waals surface area contributed by atoms with Gasteiger partial charge < -0.3 is 10.4 Å². The first-order valence-corrected chi connectivity index (χ1v) is 7.88. The fourth-order valence-electron chi connectivity index (χ4n) is 2.47. The van der Waals surface area contributed by atoms with Crippen LogP contribution < -0.4 is 5.32 Å². The summed E-state index contributed by atoms with van der Waals surface area (Å²) in [5.41, 5.74) is -0.826. The predicted molar refractivity (Wildman–Crippen MR) is 63.7 cm³/mol. The number of hydrogen-bond donors (Lipinski definition) is 2. The Balaban J connectivity index is 1.87. The van der Waals surface area contributed by atoms with Crippen LogP contribution in [0.1, 0.15) is 25.7 Å². The molecule has 0 aromatic carbocycles. The van der Waals surface area contributed by atoms with Gasteiger partial charge in [-0.2, -0.15) is 0 Å². The lowest BCUT2D eigenvalue weighted by Gasteiger charge is -2.37. The van der Waals surface area contributed by atoms with Crippen LogP contribution in [-0.4, -0.2) is 43.5 Å². The van der Waals surface area contributed by atoms with Crippen LogP contribution in [0.4, 0.5) is 0 Å². The number of nitrogens with one attached hydrogen (secondary N) is 1. The molecule has 1 saturated carbocycles. The van der Waals surface area contributed by atoms with E-state index in [0.29, 0.717) is 19.3 Å². The fourth-order valence-corrected chi connectivity index (χ4v) is 4.21. The van der Waals surface area contributed by atoms with E-state index in [0.717, 1.165) is 6.42 Å². The third-order valence-electron chi connectivity index (χ3n) is 3.97. The number of carbonyl (C=O) groups is 2. The first-order valence-electron chi connectivity index (χ1n) is 6.06. The Morgan fingerprint density at radius 3 is 2.39 bits per heavy atom. The molecule has 1 saturated heterocycles. The van der Waals surface area contributed by atoms with Crippen molar-refractivity contribution in [3.63, 3.8) is 0 Å². The maximum Gasteiger partial charge on any atom is 0.311 e. The van der Waals surface area contributed by atoms with Crippen LogP contribution in [0.25, 0.3) is 0 Å². The first-order chi connectivity index (χ1) is 8.35. The Morgan fingerprint density at radius 2 is 2.00 bits per heavy atom. The van der Waals surface area contributed by atoms with Gasteiger partial charge in [0.1, 0.15) is 0 Å². The molecule has 1 heterocycles. The van der Waals surface area contributed by atoms with Gasteiger partial charge in [0.25, 0.3) is 0 Å². The molecular weight excluding hydrogens is 258 g/mol. The quantitative estimate of drug-likeness (QED) is 0.739. The van der Waals surface area contributed by atoms with E-state index >= 15 is 0 Å². The van der Waals surface area contributed by atoms with Gasteiger partial charge in [0.15, 0.2) is 9.84 Å². The minimum absolute atomic E-state index is 0.0508. The van der Waals surface area contributed by atoms with Gasteiger partial charge in [-0.15, -0.1) is 0 Å². The molecule has 0 aromatic rings. The number of sulfone groups is 1. The summed E-state index contributed by atoms with van der Waals surface area (Å²) in [4.78, 5) is 22.9. The lowest BCUT2D eigenvalue weighted by Crippen LogP contribution is -2.48. The largest absolute Gasteiger partial charge is 0.481 e. The van der Waals surface area contributed by atoms with Crippen LogP contribution in [-0.2, 0) is 19.4 Å². The summed E-state index contributed by atoms with van der Waals surface area (Å²) in [6, 6.07) is 0. The monoisotopic (exact) mass is 275 g/mol. The van der Waals surface area contributed by atoms with Gasteiger partial charge in [0, 0.05) is 6.54 Å². The normalized spacial score (nSPS) is 28.3. The summed E-state index contributed by atoms with van der Waals surface area (Å²) >= 11 is 0. The molecule has 0 spiro atoms. The Bertz CT molecular complexity index is 466. The standard InChI is InChI=1S/C11H17NO5S/c13-9(8-2-5-18(16,17)6-8)12-7-11(10(14)15)3-1-4-11/h8H,1-7H2,(H,12,13)(H,14,15). The van der Waals surface area contributed by atoms with Crippen LogP contribution in [0.3, 0.4) is 0 Å². The molecule has 0 radical (unpaired) electrons. The zero-order valence-corrected chi connectivity index (χ0v) is 10.8. The highest BCUT2D eigenvalue weighted by atomic mass is 32.2. The van der Waals surface area contributed by atoms with Crippen LogP contribution >= 0.6 is 0 Å². The average molecular weight is 275 g/mol. The maximum atomic E-state index is 11.8. The van der Waals surface area contributed by atoms with Gasteiger partial charge in [-0.3, -0.25) is 9.59 Å². The summed E-state index contributed by atoms with van der Waals surface area (Å²) in [6.45, 7) is 0.109. The summed E-state index contributed by atoms with van der Waals surface area (Å²) in [5, 5.41) is 11.7. The molecule has 18 heavy (non-hydrogen) atoms. The Kier molecular flexibility index (Phi) is 3.35. The van der Waals surface area contributed by atoms with Crippen molar-refractivity contribution in [1.29, 1.82) is 0 Å². The Morgan fingerprint density at radius 1 is 1.33 bits per heavy atom. The van der Waals surface area contributed by atoms with Crippen molar-refractivity contribution in [3.05, 3.63) is 0 Å². The third-order valence-corrected chi connectivity index (χ3v) is 5.74. The van der Waals surface area contributed by atoms with E-state index in [4.69, 9.17) is 5.11 Å². The number of carboxylic acids is 1. The molecule has 2 fully saturated rings. The minimum atomic E-state index is -3.08. The third kappa shape index (κ3) is 2.50. The number of carboxylic acid groups (broad SMARTS) is 1. The molecule has 0 aromatic heterocycles. The predicted octanol–water partition coefficient (Wildman–Crippen LogP) is -0.208. The molecule has 1 unspecified atom stereocenters. The Hall–Kier alpha value is -1.11. The van der Waals surface area contributed by atoms with E-state index in [9.17, 15) is 18.0 Å². The van der Waals surface area contributed by atoms with E-state index in [-0.39, 0.29) is 24.0 Å². The van der Waals surface area contributed by atoms with E-state index in [1.54, 1.807) is 0 Å². The van der Waals surface area contributed by atoms with Gasteiger partial charge in [0.05, 0.1) is 22.8 Å². The van der Waals surface area contributed by atoms with Crippen LogP contribution in [0.2, 0.25) is 0 Å². The Labute approximate surface area is 106 Å². The highest BCUT2D eigenvalue weighted by molar-refractivity contribution is 7.91. The maximum absolute atomic E-state index is 11.8. The van der Waals surface area contributed by atoms with Gasteiger partial charge in [-0.1, -0.05) is 6.42 Å². The van der Waals surface area contributed by atoms with Crippen molar-refractivity contribution in [3.8, 4) is 0 Å². The van der Waals surface area contributed by atoms with Gasteiger partial charge in [-0.25, -0.2) is 8.42 Å². The fraction of sp³-hybridized carbons (Fsp3) is 0.818. The van der Waals surface area contributed by atoms with Crippen LogP contribution in [0.5, 0.6) is 0 Å². The molecular formula is C11H17NO5S. The van der Waals surface area contributed by atoms with Gasteiger partial charge in [0.2, 0.25) is 5.91 Å². The molecule has 2 aliphatic rings. The lowest BCUT2D eigenvalue weighted by atomic mass is 9.69. The molecule has 102 valence electrons. The second-order valence-electron chi connectivity index (χ2n) is 5.26. The minimum Gasteiger partial charge on any atom is -0.481 e. The molecule has 2 N–H and O–H groups in total. The number of rotatable bonds is 4. The molecule has 1 aliphatic heterocycles. The smallest absolute Gasteiger partial charge is 0.311 e.